The second kappa shape index (κ2) is 27.9. The van der Waals surface area contributed by atoms with E-state index < -0.39 is 134 Å². The number of benzene rings is 3. The Morgan fingerprint density at radius 1 is 0.843 bits per heavy atom. The number of aromatic hydroxyl groups is 1. The van der Waals surface area contributed by atoms with Crippen LogP contribution >= 0.6 is 24.1 Å². The van der Waals surface area contributed by atoms with Gasteiger partial charge in [-0.3, -0.25) is 37.4 Å². The van der Waals surface area contributed by atoms with Crippen LogP contribution in [0.4, 0.5) is 51.7 Å². The van der Waals surface area contributed by atoms with E-state index in [0.717, 1.165) is 37.3 Å². The number of azo groups is 2. The van der Waals surface area contributed by atoms with E-state index in [-0.39, 0.29) is 74.2 Å². The molecule has 1 amide bonds. The quantitative estimate of drug-likeness (QED) is 0.00602. The van der Waals surface area contributed by atoms with Crippen molar-refractivity contribution < 1.29 is 106 Å². The fraction of sp³-hybridized carbons (Fsp3) is 0.171. The maximum Gasteiger partial charge on any atom is 0.444 e. The maximum absolute atomic E-state index is 13.1. The molecule has 36 nitrogen and oxygen atoms in total. The highest BCUT2D eigenvalue weighted by molar-refractivity contribution is 7.96. The first-order valence-corrected chi connectivity index (χ1v) is 29.3. The van der Waals surface area contributed by atoms with Gasteiger partial charge in [0.15, 0.2) is 9.84 Å². The molecule has 12 N–H and O–H groups in total. The lowest BCUT2D eigenvalue weighted by Gasteiger charge is -2.14. The van der Waals surface area contributed by atoms with Gasteiger partial charge in [-0.1, -0.05) is 10.1 Å². The van der Waals surface area contributed by atoms with Crippen molar-refractivity contribution in [2.24, 2.45) is 26.2 Å². The molecule has 0 fully saturated rings. The van der Waals surface area contributed by atoms with Crippen molar-refractivity contribution >= 4 is 134 Å². The Kier molecular flexibility index (Phi) is 21.6. The van der Waals surface area contributed by atoms with Gasteiger partial charge in [0, 0.05) is 18.8 Å². The monoisotopic (exact) mass is 1270 g/mol. The van der Waals surface area contributed by atoms with Crippen LogP contribution in [0.15, 0.2) is 118 Å². The summed E-state index contributed by atoms with van der Waals surface area (Å²) in [5, 5.41) is 68.8. The molecule has 3 aromatic carbocycles. The predicted octanol–water partition coefficient (Wildman–Crippen LogP) is 4.71. The summed E-state index contributed by atoms with van der Waals surface area (Å²) in [6.07, 6.45) is 2.04. The van der Waals surface area contributed by atoms with Gasteiger partial charge in [0.25, 0.3) is 26.7 Å². The summed E-state index contributed by atoms with van der Waals surface area (Å²) in [5.41, 5.74) is 1.19. The SMILES string of the molecule is CCn1c(O)c(N=Nc2cc(Nc3nc(Nc4cc(NCCC(=O)O)c(S(=O)(=O)O)cc4N=Nc4ccc(S(=O)(=O)CCOS(=O)(=O)O)cc4SOOO)nc(-[n+]4cccc(C(N)=O)c4)n3)ccc2SOOO)c(C)c(C(=O)S(=O)O)c1=O. The maximum atomic E-state index is 13.1. The average Bonchev–Trinajstić information content (AvgIpc) is 3.63. The molecule has 0 aliphatic rings. The van der Waals surface area contributed by atoms with Crippen LogP contribution in [0.25, 0.3) is 5.95 Å². The molecule has 1 unspecified atom stereocenters. The Balaban J connectivity index is 1.52. The molecule has 6 rings (SSSR count). The number of sulfone groups is 1. The van der Waals surface area contributed by atoms with Gasteiger partial charge < -0.3 is 31.9 Å². The van der Waals surface area contributed by atoms with Gasteiger partial charge in [-0.25, -0.2) is 31.9 Å². The summed E-state index contributed by atoms with van der Waals surface area (Å²) in [6.45, 7) is 0.928. The van der Waals surface area contributed by atoms with E-state index in [1.54, 1.807) is 0 Å². The van der Waals surface area contributed by atoms with Crippen molar-refractivity contribution in [1.82, 2.24) is 19.5 Å². The van der Waals surface area contributed by atoms with Crippen LogP contribution in [-0.4, -0.2) is 119 Å². The fourth-order valence-corrected chi connectivity index (χ4v) is 10.4. The number of rotatable bonds is 28. The summed E-state index contributed by atoms with van der Waals surface area (Å²) in [4.78, 5) is 61.1. The number of amides is 1. The highest BCUT2D eigenvalue weighted by atomic mass is 32.3. The van der Waals surface area contributed by atoms with Crippen LogP contribution in [0, 0.1) is 6.92 Å². The summed E-state index contributed by atoms with van der Waals surface area (Å²) in [6, 6.07) is 11.4. The number of aliphatic carboxylic acids is 1. The van der Waals surface area contributed by atoms with E-state index in [4.69, 9.17) is 20.8 Å². The first kappa shape index (κ1) is 64.3. The van der Waals surface area contributed by atoms with Crippen molar-refractivity contribution in [3.8, 4) is 11.8 Å². The van der Waals surface area contributed by atoms with E-state index in [0.29, 0.717) is 16.6 Å². The van der Waals surface area contributed by atoms with E-state index in [9.17, 15) is 68.0 Å². The molecule has 3 heterocycles. The smallest absolute Gasteiger partial charge is 0.444 e. The molecule has 0 radical (unpaired) electrons. The average molecular weight is 1280 g/mol. The molecule has 3 aromatic heterocycles. The molecule has 0 bridgehead atoms. The number of carboxylic acids is 1. The number of anilines is 5. The fourth-order valence-electron chi connectivity index (χ4n) is 6.80. The number of pyridine rings is 2. The zero-order chi connectivity index (χ0) is 61.0. The van der Waals surface area contributed by atoms with Gasteiger partial charge in [-0.05, 0) is 90.0 Å². The van der Waals surface area contributed by atoms with Gasteiger partial charge in [0.1, 0.15) is 33.2 Å². The Bertz CT molecular complexity index is 4010. The molecule has 0 spiro atoms. The summed E-state index contributed by atoms with van der Waals surface area (Å²) in [7, 11) is -14.6. The Hall–Kier alpha value is -7.92. The van der Waals surface area contributed by atoms with Crippen LogP contribution in [0.3, 0.4) is 0 Å². The lowest BCUT2D eigenvalue weighted by atomic mass is 10.1. The van der Waals surface area contributed by atoms with Crippen molar-refractivity contribution in [2.75, 3.05) is 34.9 Å². The zero-order valence-corrected chi connectivity index (χ0v) is 46.6. The summed E-state index contributed by atoms with van der Waals surface area (Å²) in [5.74, 6) is -5.05. The zero-order valence-electron chi connectivity index (χ0n) is 41.7. The Labute approximate surface area is 476 Å². The largest absolute Gasteiger partial charge is 0.493 e. The molecule has 0 aliphatic heterocycles. The third-order valence-electron chi connectivity index (χ3n) is 10.5. The van der Waals surface area contributed by atoms with Gasteiger partial charge >= 0.3 is 34.2 Å². The van der Waals surface area contributed by atoms with E-state index in [2.05, 4.69) is 74.3 Å². The second-order valence-corrected chi connectivity index (χ2v) is 22.7. The van der Waals surface area contributed by atoms with Gasteiger partial charge in [-0.15, -0.1) is 34.1 Å². The Morgan fingerprint density at radius 2 is 1.51 bits per heavy atom. The lowest BCUT2D eigenvalue weighted by molar-refractivity contribution is -0.603. The standard InChI is InChI=1S/C41H39N13O23S6/c1-3-54-36(58)33(38(60)80(63)64)20(2)34(37(54)59)52-51-27-15-22(6-9-29(27)78-76-74-61)44-39-46-40(48-41(47-39)53-12-4-5-21(19-53)35(42)57)45-25-17-28(43-11-10-32(55)56)31(82(67,68)69)18-26(25)50-49-24-8-7-23(16-30(24)79-77-75-62)81(65,66)14-13-73-83(70,71)72/h4-9,12,15-19H,3,10-11,13-14H2,1-2H3,(H11-,42,43,44,45,46,47,48,49,51,55,56,57,58,59,60,61,62,63,64,67,68,69,70,71,72)/p+1. The third kappa shape index (κ3) is 17.1. The van der Waals surface area contributed by atoms with Crippen LogP contribution in [-0.2, 0) is 75.7 Å². The van der Waals surface area contributed by atoms with Crippen LogP contribution in [0.2, 0.25) is 0 Å². The first-order valence-electron chi connectivity index (χ1n) is 22.2. The molecular weight excluding hydrogens is 1230 g/mol. The molecule has 6 aromatic rings. The van der Waals surface area contributed by atoms with Crippen molar-refractivity contribution in [3.63, 3.8) is 0 Å². The van der Waals surface area contributed by atoms with E-state index >= 15 is 0 Å². The van der Waals surface area contributed by atoms with Crippen molar-refractivity contribution in [3.05, 3.63) is 100 Å². The molecule has 1 atom stereocenters. The number of nitrogens with one attached hydrogen (secondary N) is 3. The van der Waals surface area contributed by atoms with Gasteiger partial charge in [-0.2, -0.15) is 16.8 Å². The number of aromatic nitrogens is 5. The van der Waals surface area contributed by atoms with Crippen LogP contribution in [0.5, 0.6) is 5.88 Å². The number of hydrogen-bond acceptors (Lipinski definition) is 31. The minimum atomic E-state index is -5.22. The number of carbonyl (C=O) groups is 3. The number of hydrogen-bond donors (Lipinski definition) is 11. The van der Waals surface area contributed by atoms with Crippen molar-refractivity contribution in [2.45, 2.75) is 46.4 Å². The normalized spacial score (nSPS) is 12.4. The molecule has 442 valence electrons. The highest BCUT2D eigenvalue weighted by Crippen LogP contribution is 2.41. The molecular formula is C41H40N13O23S6+. The topological polar surface area (TPSA) is 535 Å². The molecule has 0 aliphatic carbocycles. The first-order chi connectivity index (χ1) is 39.1. The van der Waals surface area contributed by atoms with Crippen LogP contribution in [0.1, 0.15) is 39.6 Å². The number of primary amides is 1. The number of carbonyl (C=O) groups excluding carboxylic acids is 2. The number of nitrogens with zero attached hydrogens (tertiary/aromatic N) is 9. The molecule has 83 heavy (non-hydrogen) atoms. The third-order valence-corrected chi connectivity index (χ3v) is 15.3. The number of nitrogens with two attached hydrogens (primary N) is 1. The minimum absolute atomic E-state index is 0.0344. The molecule has 42 heteroatoms. The van der Waals surface area contributed by atoms with E-state index in [1.807, 2.05) is 0 Å². The lowest BCUT2D eigenvalue weighted by Crippen LogP contribution is -2.34. The van der Waals surface area contributed by atoms with Gasteiger partial charge in [0.2, 0.25) is 17.0 Å². The summed E-state index contributed by atoms with van der Waals surface area (Å²) >= 11 is -2.60. The van der Waals surface area contributed by atoms with E-state index in [1.165, 1.54) is 54.2 Å². The highest BCUT2D eigenvalue weighted by Gasteiger charge is 2.28. The second-order valence-electron chi connectivity index (χ2n) is 15.8. The van der Waals surface area contributed by atoms with Crippen molar-refractivity contribution in [1.29, 1.82) is 0 Å². The minimum Gasteiger partial charge on any atom is -0.493 e. The van der Waals surface area contributed by atoms with Crippen LogP contribution < -0.4 is 31.8 Å². The number of carboxylic acid groups (broad SMARTS) is 1. The predicted molar refractivity (Wildman–Crippen MR) is 283 cm³/mol. The Morgan fingerprint density at radius 3 is 2.13 bits per heavy atom. The molecule has 0 saturated heterocycles. The molecule has 0 saturated carbocycles. The van der Waals surface area contributed by atoms with Gasteiger partial charge in [0.05, 0.1) is 86.9 Å². The summed E-state index contributed by atoms with van der Waals surface area (Å²) < 4.78 is 130.